The first kappa shape index (κ1) is 19.0. The maximum atomic E-state index is 2.79. The first-order chi connectivity index (χ1) is 11.8. The van der Waals surface area contributed by atoms with E-state index in [1.807, 2.05) is 0 Å². The summed E-state index contributed by atoms with van der Waals surface area (Å²) in [5.74, 6) is 4.18. The van der Waals surface area contributed by atoms with E-state index in [2.05, 4.69) is 59.8 Å². The molecule has 0 bridgehead atoms. The molecule has 0 N–H and O–H groups in total. The fourth-order valence-corrected chi connectivity index (χ4v) is 6.17. The van der Waals surface area contributed by atoms with E-state index in [4.69, 9.17) is 0 Å². The number of hydrogen-bond donors (Lipinski definition) is 0. The zero-order chi connectivity index (χ0) is 18.2. The van der Waals surface area contributed by atoms with Crippen LogP contribution in [-0.2, 0) is 0 Å². The van der Waals surface area contributed by atoms with Gasteiger partial charge in [-0.3, -0.25) is 0 Å². The van der Waals surface area contributed by atoms with Crippen molar-refractivity contribution in [2.24, 2.45) is 35.0 Å². The number of hydrogen-bond acceptors (Lipinski definition) is 0. The molecule has 0 radical (unpaired) electrons. The molecule has 0 amide bonds. The molecule has 0 nitrogen and oxygen atoms in total. The summed E-state index contributed by atoms with van der Waals surface area (Å²) in [7, 11) is 0. The highest BCUT2D eigenvalue weighted by atomic mass is 14.5. The van der Waals surface area contributed by atoms with Gasteiger partial charge in [0, 0.05) is 5.92 Å². The number of fused-ring (bicyclic) bond motifs is 2. The molecule has 25 heavy (non-hydrogen) atoms. The van der Waals surface area contributed by atoms with E-state index in [0.717, 1.165) is 29.6 Å². The molecule has 0 unspecified atom stereocenters. The van der Waals surface area contributed by atoms with Crippen LogP contribution >= 0.6 is 0 Å². The summed E-state index contributed by atoms with van der Waals surface area (Å²) in [6.07, 6.45) is 17.4. The van der Waals surface area contributed by atoms with Gasteiger partial charge in [-0.1, -0.05) is 55.7 Å². The molecular formula is C25H40. The lowest BCUT2D eigenvalue weighted by Crippen LogP contribution is -2.28. The highest BCUT2D eigenvalue weighted by Gasteiger charge is 2.46. The topological polar surface area (TPSA) is 0 Å². The molecule has 0 aromatic carbocycles. The Labute approximate surface area is 156 Å². The molecule has 2 fully saturated rings. The molecule has 3 rings (SSSR count). The minimum absolute atomic E-state index is 0.443. The van der Waals surface area contributed by atoms with Crippen molar-refractivity contribution in [1.82, 2.24) is 0 Å². The molecule has 3 aliphatic rings. The van der Waals surface area contributed by atoms with Crippen molar-refractivity contribution in [1.29, 1.82) is 0 Å². The van der Waals surface area contributed by atoms with Gasteiger partial charge in [0.05, 0.1) is 0 Å². The Morgan fingerprint density at radius 1 is 1.28 bits per heavy atom. The van der Waals surface area contributed by atoms with Crippen LogP contribution < -0.4 is 0 Å². The molecule has 0 saturated heterocycles. The molecule has 0 spiro atoms. The van der Waals surface area contributed by atoms with Crippen LogP contribution in [0.15, 0.2) is 34.9 Å². The third kappa shape index (κ3) is 3.83. The summed E-state index contributed by atoms with van der Waals surface area (Å²) in [4.78, 5) is 0. The maximum absolute atomic E-state index is 2.79. The Morgan fingerprint density at radius 3 is 2.76 bits per heavy atom. The second-order valence-corrected chi connectivity index (χ2v) is 10.0. The van der Waals surface area contributed by atoms with Gasteiger partial charge in [0.15, 0.2) is 0 Å². The maximum Gasteiger partial charge on any atom is 0.000723 e. The summed E-state index contributed by atoms with van der Waals surface area (Å²) >= 11 is 0. The summed E-state index contributed by atoms with van der Waals surface area (Å²) < 4.78 is 0. The highest BCUT2D eigenvalue weighted by Crippen LogP contribution is 2.56. The average molecular weight is 341 g/mol. The normalized spacial score (nSPS) is 38.8. The van der Waals surface area contributed by atoms with E-state index in [9.17, 15) is 0 Å². The lowest BCUT2D eigenvalue weighted by atomic mass is 9.68. The Bertz CT molecular complexity index is 571. The molecule has 0 aromatic heterocycles. The van der Waals surface area contributed by atoms with Crippen molar-refractivity contribution in [3.8, 4) is 0 Å². The van der Waals surface area contributed by atoms with Crippen LogP contribution in [0.25, 0.3) is 0 Å². The van der Waals surface area contributed by atoms with Crippen molar-refractivity contribution in [3.63, 3.8) is 0 Å². The molecule has 140 valence electrons. The van der Waals surface area contributed by atoms with Gasteiger partial charge in [-0.25, -0.2) is 0 Å². The van der Waals surface area contributed by atoms with Gasteiger partial charge < -0.3 is 0 Å². The van der Waals surface area contributed by atoms with Crippen LogP contribution in [0.2, 0.25) is 0 Å². The minimum Gasteiger partial charge on any atom is -0.0859 e. The number of rotatable bonds is 4. The first-order valence-electron chi connectivity index (χ1n) is 10.8. The van der Waals surface area contributed by atoms with Gasteiger partial charge in [0.2, 0.25) is 0 Å². The van der Waals surface area contributed by atoms with Crippen molar-refractivity contribution in [2.75, 3.05) is 0 Å². The second kappa shape index (κ2) is 7.45. The zero-order valence-electron chi connectivity index (χ0n) is 17.6. The van der Waals surface area contributed by atoms with E-state index in [1.165, 1.54) is 50.5 Å². The Morgan fingerprint density at radius 2 is 2.04 bits per heavy atom. The summed E-state index contributed by atoms with van der Waals surface area (Å²) in [5.41, 5.74) is 5.37. The van der Waals surface area contributed by atoms with Gasteiger partial charge in [-0.05, 0) is 94.8 Å². The van der Waals surface area contributed by atoms with E-state index in [1.54, 1.807) is 11.1 Å². The van der Waals surface area contributed by atoms with E-state index in [0.29, 0.717) is 5.41 Å². The summed E-state index contributed by atoms with van der Waals surface area (Å²) in [6, 6.07) is 0. The molecule has 0 aromatic rings. The molecule has 6 atom stereocenters. The van der Waals surface area contributed by atoms with Crippen LogP contribution in [0.3, 0.4) is 0 Å². The lowest BCUT2D eigenvalue weighted by Gasteiger charge is -2.37. The molecular weight excluding hydrogens is 300 g/mol. The Balaban J connectivity index is 1.81. The van der Waals surface area contributed by atoms with Crippen LogP contribution in [0.1, 0.15) is 86.5 Å². The first-order valence-corrected chi connectivity index (χ1v) is 10.8. The number of allylic oxidation sites excluding steroid dienone is 6. The monoisotopic (exact) mass is 340 g/mol. The molecule has 0 heteroatoms. The molecule has 0 heterocycles. The summed E-state index contributed by atoms with van der Waals surface area (Å²) in [6.45, 7) is 14.4. The van der Waals surface area contributed by atoms with E-state index in [-0.39, 0.29) is 0 Å². The third-order valence-corrected chi connectivity index (χ3v) is 7.89. The van der Waals surface area contributed by atoms with Crippen molar-refractivity contribution in [2.45, 2.75) is 86.5 Å². The Kier molecular flexibility index (Phi) is 5.66. The van der Waals surface area contributed by atoms with Gasteiger partial charge >= 0.3 is 0 Å². The highest BCUT2D eigenvalue weighted by molar-refractivity contribution is 5.30. The standard InChI is InChI=1S/C25H40/c1-17(2)8-7-9-18(3)22-14-15-25(6)16-23-20(5)10-12-21(23)19(4)11-13-24(22)25/h8,11,16,18,20-22,24H,7,9-10,12-15H2,1-6H3/t18-,20-,21+,22+,24-,25+/m0/s1. The van der Waals surface area contributed by atoms with Gasteiger partial charge in [-0.15, -0.1) is 0 Å². The predicted octanol–water partition coefficient (Wildman–Crippen LogP) is 7.72. The Hall–Kier alpha value is -0.780. The molecule has 3 aliphatic carbocycles. The van der Waals surface area contributed by atoms with Gasteiger partial charge in [0.1, 0.15) is 0 Å². The largest absolute Gasteiger partial charge is 0.0859 e. The van der Waals surface area contributed by atoms with E-state index >= 15 is 0 Å². The quantitative estimate of drug-likeness (QED) is 0.459. The molecule has 0 aliphatic heterocycles. The fraction of sp³-hybridized carbons (Fsp3) is 0.760. The van der Waals surface area contributed by atoms with Crippen molar-refractivity contribution < 1.29 is 0 Å². The van der Waals surface area contributed by atoms with E-state index < -0.39 is 0 Å². The average Bonchev–Trinajstić information content (AvgIpc) is 3.04. The van der Waals surface area contributed by atoms with Crippen LogP contribution in [0.4, 0.5) is 0 Å². The van der Waals surface area contributed by atoms with Crippen LogP contribution in [0.5, 0.6) is 0 Å². The minimum atomic E-state index is 0.443. The predicted molar refractivity (Wildman–Crippen MR) is 110 cm³/mol. The van der Waals surface area contributed by atoms with Crippen LogP contribution in [0, 0.1) is 35.0 Å². The fourth-order valence-electron chi connectivity index (χ4n) is 6.17. The lowest BCUT2D eigenvalue weighted by molar-refractivity contribution is 0.196. The SMILES string of the molecule is CC(C)=CCC[C@H](C)[C@H]1CC[C@]2(C)C=C3[C@H](CC[C@@H]3C)C(C)=CC[C@@H]12. The second-order valence-electron chi connectivity index (χ2n) is 10.0. The molecule has 2 saturated carbocycles. The van der Waals surface area contributed by atoms with Gasteiger partial charge in [0.25, 0.3) is 0 Å². The smallest absolute Gasteiger partial charge is 0.000723 e. The van der Waals surface area contributed by atoms with Crippen molar-refractivity contribution in [3.05, 3.63) is 34.9 Å². The van der Waals surface area contributed by atoms with Crippen LogP contribution in [-0.4, -0.2) is 0 Å². The zero-order valence-corrected chi connectivity index (χ0v) is 17.6. The van der Waals surface area contributed by atoms with Crippen molar-refractivity contribution >= 4 is 0 Å². The van der Waals surface area contributed by atoms with Gasteiger partial charge in [-0.2, -0.15) is 0 Å². The summed E-state index contributed by atoms with van der Waals surface area (Å²) in [5, 5.41) is 0. The third-order valence-electron chi connectivity index (χ3n) is 7.89.